The number of aromatic nitrogens is 2. The first-order valence-corrected chi connectivity index (χ1v) is 8.69. The molecule has 1 fully saturated rings. The standard InChI is InChI=1S/C21H17N3O2/c25-21(24-15-5-6-15)17-4-2-1-3-16(17)14-9-18-19(13-7-8-26-12-13)11-23-20(18)22-10-14/h1-4,7-12,15H,5-6H2,(H,22,23)(H,24,25). The van der Waals surface area contributed by atoms with Gasteiger partial charge in [0.05, 0.1) is 12.5 Å². The van der Waals surface area contributed by atoms with Crippen molar-refractivity contribution in [2.24, 2.45) is 0 Å². The van der Waals surface area contributed by atoms with E-state index in [2.05, 4.69) is 21.4 Å². The molecule has 5 nitrogen and oxygen atoms in total. The lowest BCUT2D eigenvalue weighted by Crippen LogP contribution is -2.25. The maximum absolute atomic E-state index is 12.6. The third-order valence-electron chi connectivity index (χ3n) is 4.76. The minimum absolute atomic E-state index is 0.0210. The molecule has 0 spiro atoms. The molecule has 2 N–H and O–H groups in total. The van der Waals surface area contributed by atoms with E-state index in [1.807, 2.05) is 36.5 Å². The summed E-state index contributed by atoms with van der Waals surface area (Å²) >= 11 is 0. The smallest absolute Gasteiger partial charge is 0.252 e. The molecule has 5 heteroatoms. The van der Waals surface area contributed by atoms with Crippen molar-refractivity contribution in [3.05, 3.63) is 66.9 Å². The second-order valence-electron chi connectivity index (χ2n) is 6.63. The van der Waals surface area contributed by atoms with Crippen LogP contribution in [-0.4, -0.2) is 21.9 Å². The first-order valence-electron chi connectivity index (χ1n) is 8.69. The van der Waals surface area contributed by atoms with Gasteiger partial charge in [0.15, 0.2) is 0 Å². The van der Waals surface area contributed by atoms with E-state index >= 15 is 0 Å². The molecule has 5 rings (SSSR count). The highest BCUT2D eigenvalue weighted by molar-refractivity contribution is 6.02. The van der Waals surface area contributed by atoms with Crippen LogP contribution >= 0.6 is 0 Å². The van der Waals surface area contributed by atoms with Gasteiger partial charge in [-0.3, -0.25) is 4.79 Å². The number of nitrogens with zero attached hydrogens (tertiary/aromatic N) is 1. The molecule has 3 heterocycles. The van der Waals surface area contributed by atoms with Crippen LogP contribution in [0.2, 0.25) is 0 Å². The van der Waals surface area contributed by atoms with Crippen molar-refractivity contribution in [1.29, 1.82) is 0 Å². The predicted molar refractivity (Wildman–Crippen MR) is 99.7 cm³/mol. The summed E-state index contributed by atoms with van der Waals surface area (Å²) in [7, 11) is 0. The Morgan fingerprint density at radius 1 is 1.15 bits per heavy atom. The summed E-state index contributed by atoms with van der Waals surface area (Å²) in [6, 6.07) is 12.0. The largest absolute Gasteiger partial charge is 0.472 e. The van der Waals surface area contributed by atoms with Gasteiger partial charge >= 0.3 is 0 Å². The highest BCUT2D eigenvalue weighted by Gasteiger charge is 2.25. The lowest BCUT2D eigenvalue weighted by molar-refractivity contribution is 0.0951. The van der Waals surface area contributed by atoms with Gasteiger partial charge in [-0.25, -0.2) is 4.98 Å². The van der Waals surface area contributed by atoms with E-state index < -0.39 is 0 Å². The number of aromatic amines is 1. The average Bonchev–Trinajstić information content (AvgIpc) is 3.16. The molecule has 1 aliphatic carbocycles. The van der Waals surface area contributed by atoms with Crippen LogP contribution in [-0.2, 0) is 0 Å². The van der Waals surface area contributed by atoms with Gasteiger partial charge < -0.3 is 14.7 Å². The molecule has 4 aromatic rings. The maximum Gasteiger partial charge on any atom is 0.252 e. The number of amides is 1. The van der Waals surface area contributed by atoms with Gasteiger partial charge in [-0.05, 0) is 36.6 Å². The van der Waals surface area contributed by atoms with Crippen LogP contribution in [0.15, 0.2) is 65.7 Å². The van der Waals surface area contributed by atoms with E-state index in [-0.39, 0.29) is 5.91 Å². The van der Waals surface area contributed by atoms with Crippen LogP contribution in [0, 0.1) is 0 Å². The third kappa shape index (κ3) is 2.58. The van der Waals surface area contributed by atoms with Gasteiger partial charge in [0.1, 0.15) is 5.65 Å². The zero-order valence-corrected chi connectivity index (χ0v) is 14.0. The zero-order chi connectivity index (χ0) is 17.5. The topological polar surface area (TPSA) is 70.9 Å². The van der Waals surface area contributed by atoms with E-state index in [4.69, 9.17) is 4.42 Å². The van der Waals surface area contributed by atoms with Crippen LogP contribution in [0.1, 0.15) is 23.2 Å². The first-order chi connectivity index (χ1) is 12.8. The summed E-state index contributed by atoms with van der Waals surface area (Å²) in [5.41, 5.74) is 5.33. The van der Waals surface area contributed by atoms with Crippen molar-refractivity contribution in [1.82, 2.24) is 15.3 Å². The fraction of sp³-hybridized carbons (Fsp3) is 0.143. The SMILES string of the molecule is O=C(NC1CC1)c1ccccc1-c1cnc2[nH]cc(-c3ccoc3)c2c1. The monoisotopic (exact) mass is 343 g/mol. The normalized spacial score (nSPS) is 13.8. The Morgan fingerprint density at radius 2 is 2.04 bits per heavy atom. The number of H-pyrrole nitrogens is 1. The van der Waals surface area contributed by atoms with Gasteiger partial charge in [-0.15, -0.1) is 0 Å². The fourth-order valence-corrected chi connectivity index (χ4v) is 3.23. The van der Waals surface area contributed by atoms with Crippen LogP contribution in [0.3, 0.4) is 0 Å². The zero-order valence-electron chi connectivity index (χ0n) is 14.0. The van der Waals surface area contributed by atoms with Gasteiger partial charge in [0.25, 0.3) is 5.91 Å². The molecule has 3 aromatic heterocycles. The summed E-state index contributed by atoms with van der Waals surface area (Å²) < 4.78 is 5.21. The summed E-state index contributed by atoms with van der Waals surface area (Å²) in [6.07, 6.45) is 9.24. The summed E-state index contributed by atoms with van der Waals surface area (Å²) in [4.78, 5) is 20.3. The molecular weight excluding hydrogens is 326 g/mol. The molecule has 0 atom stereocenters. The van der Waals surface area contributed by atoms with Crippen molar-refractivity contribution < 1.29 is 9.21 Å². The van der Waals surface area contributed by atoms with Crippen molar-refractivity contribution >= 4 is 16.9 Å². The highest BCUT2D eigenvalue weighted by Crippen LogP contribution is 2.32. The molecule has 0 unspecified atom stereocenters. The molecule has 26 heavy (non-hydrogen) atoms. The van der Waals surface area contributed by atoms with Crippen LogP contribution in [0.5, 0.6) is 0 Å². The summed E-state index contributed by atoms with van der Waals surface area (Å²) in [5, 5.41) is 4.07. The number of pyridine rings is 1. The Labute approximate surface area is 150 Å². The van der Waals surface area contributed by atoms with Crippen molar-refractivity contribution in [2.75, 3.05) is 0 Å². The van der Waals surface area contributed by atoms with E-state index in [1.54, 1.807) is 18.7 Å². The molecule has 128 valence electrons. The number of fused-ring (bicyclic) bond motifs is 1. The predicted octanol–water partition coefficient (Wildman–Crippen LogP) is 4.38. The maximum atomic E-state index is 12.6. The van der Waals surface area contributed by atoms with E-state index in [9.17, 15) is 4.79 Å². The number of hydrogen-bond acceptors (Lipinski definition) is 3. The van der Waals surface area contributed by atoms with Crippen molar-refractivity contribution in [3.8, 4) is 22.3 Å². The number of benzene rings is 1. The van der Waals surface area contributed by atoms with Gasteiger partial charge in [0, 0.05) is 46.1 Å². The van der Waals surface area contributed by atoms with Gasteiger partial charge in [-0.1, -0.05) is 18.2 Å². The molecule has 0 aliphatic heterocycles. The lowest BCUT2D eigenvalue weighted by Gasteiger charge is -2.10. The number of carbonyl (C=O) groups excluding carboxylic acids is 1. The molecule has 0 saturated heterocycles. The molecular formula is C21H17N3O2. The Hall–Kier alpha value is -3.34. The number of furan rings is 1. The van der Waals surface area contributed by atoms with Crippen LogP contribution in [0.4, 0.5) is 0 Å². The quantitative estimate of drug-likeness (QED) is 0.577. The summed E-state index contributed by atoms with van der Waals surface area (Å²) in [6.45, 7) is 0. The van der Waals surface area contributed by atoms with Crippen LogP contribution in [0.25, 0.3) is 33.3 Å². The Kier molecular flexibility index (Phi) is 3.38. The van der Waals surface area contributed by atoms with Crippen molar-refractivity contribution in [3.63, 3.8) is 0 Å². The number of carbonyl (C=O) groups is 1. The second kappa shape index (κ2) is 5.88. The Balaban J connectivity index is 1.61. The Bertz CT molecular complexity index is 1090. The number of hydrogen-bond donors (Lipinski definition) is 2. The average molecular weight is 343 g/mol. The third-order valence-corrected chi connectivity index (χ3v) is 4.76. The molecule has 0 radical (unpaired) electrons. The molecule has 1 saturated carbocycles. The van der Waals surface area contributed by atoms with Crippen molar-refractivity contribution in [2.45, 2.75) is 18.9 Å². The highest BCUT2D eigenvalue weighted by atomic mass is 16.3. The van der Waals surface area contributed by atoms with Gasteiger partial charge in [0.2, 0.25) is 0 Å². The minimum atomic E-state index is -0.0210. The number of rotatable bonds is 4. The molecule has 1 aliphatic rings. The summed E-state index contributed by atoms with van der Waals surface area (Å²) in [5.74, 6) is -0.0210. The van der Waals surface area contributed by atoms with E-state index in [0.717, 1.165) is 46.1 Å². The van der Waals surface area contributed by atoms with Gasteiger partial charge in [-0.2, -0.15) is 0 Å². The Morgan fingerprint density at radius 3 is 2.85 bits per heavy atom. The molecule has 1 aromatic carbocycles. The molecule has 1 amide bonds. The van der Waals surface area contributed by atoms with E-state index in [0.29, 0.717) is 11.6 Å². The molecule has 0 bridgehead atoms. The first kappa shape index (κ1) is 15.0. The lowest BCUT2D eigenvalue weighted by atomic mass is 9.98. The minimum Gasteiger partial charge on any atom is -0.472 e. The number of nitrogens with one attached hydrogen (secondary N) is 2. The second-order valence-corrected chi connectivity index (χ2v) is 6.63. The van der Waals surface area contributed by atoms with E-state index in [1.165, 1.54) is 0 Å². The van der Waals surface area contributed by atoms with Crippen LogP contribution < -0.4 is 5.32 Å². The fourth-order valence-electron chi connectivity index (χ4n) is 3.23.